The monoisotopic (exact) mass is 376 g/mol. The van der Waals surface area contributed by atoms with E-state index in [1.165, 1.54) is 16.4 Å². The lowest BCUT2D eigenvalue weighted by atomic mass is 9.81. The highest BCUT2D eigenvalue weighted by Gasteiger charge is 2.55. The Morgan fingerprint density at radius 2 is 1.88 bits per heavy atom. The minimum Gasteiger partial charge on any atom is -0.314 e. The maximum atomic E-state index is 13.0. The number of benzene rings is 2. The van der Waals surface area contributed by atoms with Crippen molar-refractivity contribution in [3.05, 3.63) is 59.1 Å². The lowest BCUT2D eigenvalue weighted by Gasteiger charge is -2.23. The highest BCUT2D eigenvalue weighted by molar-refractivity contribution is 7.89. The third kappa shape index (κ3) is 2.32. The Morgan fingerprint density at radius 1 is 1.12 bits per heavy atom. The molecule has 0 radical (unpaired) electrons. The number of halogens is 1. The van der Waals surface area contributed by atoms with Gasteiger partial charge in [0.15, 0.2) is 0 Å². The fourth-order valence-electron chi connectivity index (χ4n) is 3.87. The number of carbonyl (C=O) groups excluding carboxylic acids is 1. The number of para-hydroxylation sites is 1. The van der Waals surface area contributed by atoms with Crippen molar-refractivity contribution in [3.8, 4) is 0 Å². The van der Waals surface area contributed by atoms with Gasteiger partial charge in [0.1, 0.15) is 0 Å². The van der Waals surface area contributed by atoms with Crippen molar-refractivity contribution < 1.29 is 13.2 Å². The van der Waals surface area contributed by atoms with Crippen LogP contribution in [0.4, 0.5) is 5.69 Å². The first-order valence-corrected chi connectivity index (χ1v) is 9.81. The molecule has 2 aromatic rings. The molecule has 2 aromatic carbocycles. The zero-order valence-electron chi connectivity index (χ0n) is 13.6. The van der Waals surface area contributed by atoms with E-state index in [9.17, 15) is 13.2 Å². The highest BCUT2D eigenvalue weighted by atomic mass is 35.5. The van der Waals surface area contributed by atoms with Crippen molar-refractivity contribution in [2.45, 2.75) is 16.7 Å². The molecule has 25 heavy (non-hydrogen) atoms. The molecule has 1 spiro atoms. The quantitative estimate of drug-likeness (QED) is 0.809. The SMILES string of the molecule is CN1C(=O)C2(CCN(S(=O)(=O)c3cccc(Cl)c3)C2)c2ccccc21. The maximum absolute atomic E-state index is 13.0. The summed E-state index contributed by atoms with van der Waals surface area (Å²) < 4.78 is 27.3. The minimum atomic E-state index is -3.69. The van der Waals surface area contributed by atoms with Gasteiger partial charge in [0.25, 0.3) is 0 Å². The van der Waals surface area contributed by atoms with Crippen molar-refractivity contribution in [1.29, 1.82) is 0 Å². The first-order chi connectivity index (χ1) is 11.9. The number of carbonyl (C=O) groups is 1. The van der Waals surface area contributed by atoms with Crippen LogP contribution in [0.5, 0.6) is 0 Å². The Kier molecular flexibility index (Phi) is 3.68. The zero-order chi connectivity index (χ0) is 17.8. The summed E-state index contributed by atoms with van der Waals surface area (Å²) in [4.78, 5) is 14.7. The number of likely N-dealkylation sites (N-methyl/N-ethyl adjacent to an activating group) is 1. The Labute approximate surface area is 151 Å². The van der Waals surface area contributed by atoms with Gasteiger partial charge < -0.3 is 4.90 Å². The topological polar surface area (TPSA) is 57.7 Å². The largest absolute Gasteiger partial charge is 0.314 e. The summed E-state index contributed by atoms with van der Waals surface area (Å²) in [6.45, 7) is 0.463. The molecule has 5 nitrogen and oxygen atoms in total. The molecule has 1 fully saturated rings. The molecule has 130 valence electrons. The van der Waals surface area contributed by atoms with Crippen molar-refractivity contribution >= 4 is 33.2 Å². The standard InChI is InChI=1S/C18H17ClN2O3S/c1-20-16-8-3-2-7-15(16)18(17(20)22)9-10-21(12-18)25(23,24)14-6-4-5-13(19)11-14/h2-8,11H,9-10,12H2,1H3. The molecule has 1 unspecified atom stereocenters. The van der Waals surface area contributed by atoms with Crippen molar-refractivity contribution in [2.24, 2.45) is 0 Å². The molecule has 0 aliphatic carbocycles. The van der Waals surface area contributed by atoms with E-state index in [1.54, 1.807) is 24.1 Å². The van der Waals surface area contributed by atoms with Gasteiger partial charge in [-0.15, -0.1) is 0 Å². The van der Waals surface area contributed by atoms with Crippen molar-refractivity contribution in [3.63, 3.8) is 0 Å². The summed E-state index contributed by atoms with van der Waals surface area (Å²) in [6.07, 6.45) is 0.479. The van der Waals surface area contributed by atoms with Crippen LogP contribution in [0.1, 0.15) is 12.0 Å². The second-order valence-electron chi connectivity index (χ2n) is 6.51. The number of rotatable bonds is 2. The second-order valence-corrected chi connectivity index (χ2v) is 8.88. The van der Waals surface area contributed by atoms with E-state index in [1.807, 2.05) is 24.3 Å². The van der Waals surface area contributed by atoms with Crippen LogP contribution < -0.4 is 4.90 Å². The summed E-state index contributed by atoms with van der Waals surface area (Å²) in [6, 6.07) is 13.8. The molecule has 7 heteroatoms. The number of sulfonamides is 1. The Bertz CT molecular complexity index is 976. The van der Waals surface area contributed by atoms with Crippen molar-refractivity contribution in [2.75, 3.05) is 25.0 Å². The fourth-order valence-corrected chi connectivity index (χ4v) is 5.67. The van der Waals surface area contributed by atoms with E-state index >= 15 is 0 Å². The minimum absolute atomic E-state index is 0.0440. The average molecular weight is 377 g/mol. The molecule has 2 aliphatic heterocycles. The predicted octanol–water partition coefficient (Wildman–Crippen LogP) is 2.65. The van der Waals surface area contributed by atoms with Gasteiger partial charge >= 0.3 is 0 Å². The lowest BCUT2D eigenvalue weighted by Crippen LogP contribution is -2.42. The number of anilines is 1. The first-order valence-electron chi connectivity index (χ1n) is 8.00. The molecule has 1 saturated heterocycles. The number of hydrogen-bond acceptors (Lipinski definition) is 3. The Hall–Kier alpha value is -1.89. The molecule has 1 atom stereocenters. The van der Waals surface area contributed by atoms with Gasteiger partial charge in [0.05, 0.1) is 10.3 Å². The van der Waals surface area contributed by atoms with E-state index < -0.39 is 15.4 Å². The molecule has 0 aromatic heterocycles. The highest BCUT2D eigenvalue weighted by Crippen LogP contribution is 2.47. The number of nitrogens with zero attached hydrogens (tertiary/aromatic N) is 2. The molecule has 1 amide bonds. The van der Waals surface area contributed by atoms with Gasteiger partial charge in [0.2, 0.25) is 15.9 Å². The van der Waals surface area contributed by atoms with E-state index in [-0.39, 0.29) is 17.3 Å². The normalized spacial score (nSPS) is 23.4. The molecule has 0 saturated carbocycles. The molecular formula is C18H17ClN2O3S. The summed E-state index contributed by atoms with van der Waals surface area (Å²) in [5.41, 5.74) is 0.970. The smallest absolute Gasteiger partial charge is 0.243 e. The van der Waals surface area contributed by atoms with Gasteiger partial charge in [-0.1, -0.05) is 35.9 Å². The van der Waals surface area contributed by atoms with Crippen LogP contribution in [0.25, 0.3) is 0 Å². The molecule has 2 aliphatic rings. The van der Waals surface area contributed by atoms with E-state index in [0.717, 1.165) is 11.3 Å². The zero-order valence-corrected chi connectivity index (χ0v) is 15.2. The van der Waals surface area contributed by atoms with E-state index in [4.69, 9.17) is 11.6 Å². The van der Waals surface area contributed by atoms with Crippen LogP contribution in [0, 0.1) is 0 Å². The maximum Gasteiger partial charge on any atom is 0.243 e. The van der Waals surface area contributed by atoms with Gasteiger partial charge in [-0.2, -0.15) is 4.31 Å². The predicted molar refractivity (Wildman–Crippen MR) is 96.4 cm³/mol. The summed E-state index contributed by atoms with van der Waals surface area (Å²) >= 11 is 5.94. The molecule has 4 rings (SSSR count). The van der Waals surface area contributed by atoms with Crippen LogP contribution >= 0.6 is 11.6 Å². The molecule has 2 heterocycles. The molecule has 0 N–H and O–H groups in total. The third-order valence-electron chi connectivity index (χ3n) is 5.16. The first kappa shape index (κ1) is 16.6. The van der Waals surface area contributed by atoms with Gasteiger partial charge in [-0.05, 0) is 36.2 Å². The number of amides is 1. The van der Waals surface area contributed by atoms with Crippen LogP contribution in [-0.2, 0) is 20.2 Å². The summed E-state index contributed by atoms with van der Waals surface area (Å²) in [5, 5.41) is 0.372. The Balaban J connectivity index is 1.74. The number of fused-ring (bicyclic) bond motifs is 2. The summed E-state index contributed by atoms with van der Waals surface area (Å²) in [7, 11) is -1.95. The van der Waals surface area contributed by atoms with Gasteiger partial charge in [-0.3, -0.25) is 4.79 Å². The number of hydrogen-bond donors (Lipinski definition) is 0. The van der Waals surface area contributed by atoms with Gasteiger partial charge in [0, 0.05) is 30.8 Å². The summed E-state index contributed by atoms with van der Waals surface area (Å²) in [5.74, 6) is -0.0440. The Morgan fingerprint density at radius 3 is 2.64 bits per heavy atom. The average Bonchev–Trinajstić information content (AvgIpc) is 3.14. The van der Waals surface area contributed by atoms with Crippen LogP contribution in [0.2, 0.25) is 5.02 Å². The van der Waals surface area contributed by atoms with Gasteiger partial charge in [-0.25, -0.2) is 8.42 Å². The molecule has 0 bridgehead atoms. The second kappa shape index (κ2) is 5.56. The third-order valence-corrected chi connectivity index (χ3v) is 7.24. The van der Waals surface area contributed by atoms with E-state index in [2.05, 4.69) is 0 Å². The van der Waals surface area contributed by atoms with Crippen LogP contribution in [0.3, 0.4) is 0 Å². The van der Waals surface area contributed by atoms with Crippen molar-refractivity contribution in [1.82, 2.24) is 4.31 Å². The lowest BCUT2D eigenvalue weighted by molar-refractivity contribution is -0.122. The molecular weight excluding hydrogens is 360 g/mol. The van der Waals surface area contributed by atoms with Crippen LogP contribution in [0.15, 0.2) is 53.4 Å². The fraction of sp³-hybridized carbons (Fsp3) is 0.278. The van der Waals surface area contributed by atoms with Crippen LogP contribution in [-0.4, -0.2) is 38.8 Å². The van der Waals surface area contributed by atoms with E-state index in [0.29, 0.717) is 18.0 Å².